The Morgan fingerprint density at radius 2 is 1.89 bits per heavy atom. The fraction of sp³-hybridized carbons (Fsp3) is 0.846. The van der Waals surface area contributed by atoms with E-state index >= 15 is 0 Å². The highest BCUT2D eigenvalue weighted by molar-refractivity contribution is 5.92. The lowest BCUT2D eigenvalue weighted by atomic mass is 9.43. The van der Waals surface area contributed by atoms with Crippen LogP contribution in [-0.2, 0) is 9.59 Å². The lowest BCUT2D eigenvalue weighted by Crippen LogP contribution is -2.54. The molecule has 6 aliphatic carbocycles. The molecule has 0 N–H and O–H groups in total. The zero-order valence-corrected chi connectivity index (χ0v) is 18.1. The quantitative estimate of drug-likeness (QED) is 0.638. The molecule has 0 bridgehead atoms. The van der Waals surface area contributed by atoms with Crippen molar-refractivity contribution < 1.29 is 9.59 Å². The van der Waals surface area contributed by atoms with Gasteiger partial charge in [-0.15, -0.1) is 0 Å². The summed E-state index contributed by atoms with van der Waals surface area (Å²) in [6, 6.07) is 0. The van der Waals surface area contributed by atoms with Gasteiger partial charge in [0.05, 0.1) is 0 Å². The summed E-state index contributed by atoms with van der Waals surface area (Å²) in [7, 11) is 0. The SMILES string of the molecule is CC(=O)CCC1(C)[C@H]2C[C@H]2C2C3C(CC[C@@]21C)[C@@]1(C)CCC(=O)C=C1[C@@H]1C[C@H]31. The molecule has 6 aliphatic rings. The Hall–Kier alpha value is -0.920. The lowest BCUT2D eigenvalue weighted by Gasteiger charge is -2.61. The van der Waals surface area contributed by atoms with Crippen LogP contribution in [0.2, 0.25) is 0 Å². The summed E-state index contributed by atoms with van der Waals surface area (Å²) in [5.41, 5.74) is 2.64. The van der Waals surface area contributed by atoms with Gasteiger partial charge in [0, 0.05) is 12.8 Å². The van der Waals surface area contributed by atoms with Gasteiger partial charge in [-0.1, -0.05) is 26.3 Å². The number of hydrogen-bond donors (Lipinski definition) is 0. The summed E-state index contributed by atoms with van der Waals surface area (Å²) >= 11 is 0. The summed E-state index contributed by atoms with van der Waals surface area (Å²) < 4.78 is 0. The van der Waals surface area contributed by atoms with Gasteiger partial charge in [0.2, 0.25) is 0 Å². The van der Waals surface area contributed by atoms with E-state index in [1.165, 1.54) is 25.7 Å². The Balaban J connectivity index is 1.38. The first-order chi connectivity index (χ1) is 13.2. The van der Waals surface area contributed by atoms with Gasteiger partial charge in [-0.05, 0) is 109 Å². The molecular weight excluding hydrogens is 344 g/mol. The van der Waals surface area contributed by atoms with Crippen molar-refractivity contribution in [1.29, 1.82) is 0 Å². The van der Waals surface area contributed by atoms with Crippen LogP contribution in [0, 0.1) is 57.7 Å². The van der Waals surface area contributed by atoms with Crippen LogP contribution in [0.15, 0.2) is 11.6 Å². The Morgan fingerprint density at radius 3 is 2.64 bits per heavy atom. The Bertz CT molecular complexity index is 809. The van der Waals surface area contributed by atoms with Crippen molar-refractivity contribution in [1.82, 2.24) is 0 Å². The van der Waals surface area contributed by atoms with E-state index in [-0.39, 0.29) is 0 Å². The molecule has 0 spiro atoms. The Labute approximate surface area is 169 Å². The average molecular weight is 381 g/mol. The number of fused-ring (bicyclic) bond motifs is 10. The minimum atomic E-state index is 0.292. The van der Waals surface area contributed by atoms with E-state index in [2.05, 4.69) is 26.8 Å². The number of rotatable bonds is 3. The first-order valence-corrected chi connectivity index (χ1v) is 11.9. The first kappa shape index (κ1) is 17.9. The maximum absolute atomic E-state index is 12.2. The number of allylic oxidation sites excluding steroid dienone is 1. The molecule has 10 atom stereocenters. The van der Waals surface area contributed by atoms with E-state index in [1.54, 1.807) is 12.5 Å². The molecule has 0 radical (unpaired) electrons. The van der Waals surface area contributed by atoms with E-state index in [0.717, 1.165) is 67.1 Å². The van der Waals surface area contributed by atoms with Gasteiger partial charge in [0.25, 0.3) is 0 Å². The molecule has 2 nitrogen and oxygen atoms in total. The van der Waals surface area contributed by atoms with Crippen molar-refractivity contribution in [3.8, 4) is 0 Å². The minimum absolute atomic E-state index is 0.292. The normalized spacial score (nSPS) is 57.9. The summed E-state index contributed by atoms with van der Waals surface area (Å²) in [5, 5.41) is 0. The van der Waals surface area contributed by atoms with E-state index in [0.29, 0.717) is 27.8 Å². The van der Waals surface area contributed by atoms with E-state index in [4.69, 9.17) is 0 Å². The second kappa shape index (κ2) is 5.22. The fourth-order valence-corrected chi connectivity index (χ4v) is 9.76. The third-order valence-corrected chi connectivity index (χ3v) is 11.4. The molecule has 28 heavy (non-hydrogen) atoms. The molecule has 0 aromatic rings. The van der Waals surface area contributed by atoms with Crippen LogP contribution in [-0.4, -0.2) is 11.6 Å². The van der Waals surface area contributed by atoms with Crippen LogP contribution in [0.1, 0.15) is 79.1 Å². The van der Waals surface area contributed by atoms with Crippen molar-refractivity contribution in [2.75, 3.05) is 0 Å². The van der Waals surface area contributed by atoms with Crippen LogP contribution in [0.4, 0.5) is 0 Å². The van der Waals surface area contributed by atoms with Gasteiger partial charge >= 0.3 is 0 Å². The predicted octanol–water partition coefficient (Wildman–Crippen LogP) is 5.61. The molecule has 5 fully saturated rings. The van der Waals surface area contributed by atoms with Crippen molar-refractivity contribution in [3.05, 3.63) is 11.6 Å². The summed E-state index contributed by atoms with van der Waals surface area (Å²) in [5.74, 6) is 6.68. The highest BCUT2D eigenvalue weighted by Crippen LogP contribution is 2.83. The van der Waals surface area contributed by atoms with Crippen LogP contribution in [0.5, 0.6) is 0 Å². The zero-order chi connectivity index (χ0) is 19.6. The maximum atomic E-state index is 12.2. The Morgan fingerprint density at radius 1 is 1.11 bits per heavy atom. The number of carbonyl (C=O) groups is 2. The van der Waals surface area contributed by atoms with E-state index < -0.39 is 0 Å². The topological polar surface area (TPSA) is 34.1 Å². The van der Waals surface area contributed by atoms with Crippen LogP contribution in [0.25, 0.3) is 0 Å². The van der Waals surface area contributed by atoms with Gasteiger partial charge in [0.1, 0.15) is 5.78 Å². The second-order valence-electron chi connectivity index (χ2n) is 12.3. The molecule has 152 valence electrons. The van der Waals surface area contributed by atoms with Crippen LogP contribution < -0.4 is 0 Å². The van der Waals surface area contributed by atoms with Crippen LogP contribution >= 0.6 is 0 Å². The predicted molar refractivity (Wildman–Crippen MR) is 109 cm³/mol. The van der Waals surface area contributed by atoms with Gasteiger partial charge < -0.3 is 4.79 Å². The molecule has 2 heteroatoms. The molecule has 0 amide bonds. The average Bonchev–Trinajstić information content (AvgIpc) is 3.53. The summed E-state index contributed by atoms with van der Waals surface area (Å²) in [6.45, 7) is 9.47. The first-order valence-electron chi connectivity index (χ1n) is 11.9. The standard InChI is InChI=1S/C26H36O2/c1-14(27)5-9-25(3)21-13-18(21)23-22-17-12-16(17)20-11-15(28)6-8-24(20,2)19(22)7-10-26(23,25)4/h11,16-19,21-23H,5-10,12-13H2,1-4H3/t16-,17+,18-,19?,21+,22?,23?,24-,25?,26+/m1/s1. The molecule has 6 rings (SSSR count). The van der Waals surface area contributed by atoms with Crippen LogP contribution in [0.3, 0.4) is 0 Å². The van der Waals surface area contributed by atoms with Crippen molar-refractivity contribution in [2.24, 2.45) is 57.7 Å². The molecular formula is C26H36O2. The highest BCUT2D eigenvalue weighted by atomic mass is 16.1. The summed E-state index contributed by atoms with van der Waals surface area (Å²) in [4.78, 5) is 24.0. The van der Waals surface area contributed by atoms with Gasteiger partial charge in [-0.3, -0.25) is 4.79 Å². The fourth-order valence-electron chi connectivity index (χ4n) is 9.76. The molecule has 0 aliphatic heterocycles. The van der Waals surface area contributed by atoms with Gasteiger partial charge in [0.15, 0.2) is 5.78 Å². The minimum Gasteiger partial charge on any atom is -0.300 e. The van der Waals surface area contributed by atoms with E-state index in [1.807, 2.05) is 0 Å². The molecule has 5 saturated carbocycles. The van der Waals surface area contributed by atoms with Crippen molar-refractivity contribution in [3.63, 3.8) is 0 Å². The molecule has 0 aromatic carbocycles. The third kappa shape index (κ3) is 1.96. The number of carbonyl (C=O) groups excluding carboxylic acids is 2. The molecule has 0 saturated heterocycles. The Kier molecular flexibility index (Phi) is 3.33. The third-order valence-electron chi connectivity index (χ3n) is 11.4. The van der Waals surface area contributed by atoms with E-state index in [9.17, 15) is 9.59 Å². The second-order valence-corrected chi connectivity index (χ2v) is 12.3. The molecule has 4 unspecified atom stereocenters. The zero-order valence-electron chi connectivity index (χ0n) is 18.1. The van der Waals surface area contributed by atoms with Gasteiger partial charge in [-0.25, -0.2) is 0 Å². The number of Topliss-reactive ketones (excluding diaryl/α,β-unsaturated/α-hetero) is 1. The summed E-state index contributed by atoms with van der Waals surface area (Å²) in [6.07, 6.45) is 11.3. The largest absolute Gasteiger partial charge is 0.300 e. The smallest absolute Gasteiger partial charge is 0.155 e. The molecule has 0 aromatic heterocycles. The number of ketones is 2. The highest BCUT2D eigenvalue weighted by Gasteiger charge is 2.77. The number of hydrogen-bond acceptors (Lipinski definition) is 2. The lowest BCUT2D eigenvalue weighted by molar-refractivity contribution is -0.124. The van der Waals surface area contributed by atoms with Gasteiger partial charge in [-0.2, -0.15) is 0 Å². The maximum Gasteiger partial charge on any atom is 0.155 e. The molecule has 0 heterocycles. The monoisotopic (exact) mass is 380 g/mol. The van der Waals surface area contributed by atoms with Crippen molar-refractivity contribution in [2.45, 2.75) is 79.1 Å². The van der Waals surface area contributed by atoms with Crippen molar-refractivity contribution >= 4 is 11.6 Å².